The number of anilines is 2. The van der Waals surface area contributed by atoms with Crippen molar-refractivity contribution in [2.24, 2.45) is 5.92 Å². The molecule has 2 N–H and O–H groups in total. The van der Waals surface area contributed by atoms with Gasteiger partial charge in [-0.3, -0.25) is 0 Å². The Bertz CT molecular complexity index is 352. The molecule has 0 bridgehead atoms. The second-order valence-electron chi connectivity index (χ2n) is 4.03. The number of nitrogens with one attached hydrogen (secondary N) is 2. The molecule has 88 valence electrons. The van der Waals surface area contributed by atoms with Crippen LogP contribution in [0.15, 0.2) is 6.33 Å². The molecule has 1 fully saturated rings. The van der Waals surface area contributed by atoms with E-state index in [1.54, 1.807) is 7.11 Å². The van der Waals surface area contributed by atoms with E-state index in [2.05, 4.69) is 20.6 Å². The highest BCUT2D eigenvalue weighted by molar-refractivity contribution is 5.63. The smallest absolute Gasteiger partial charge is 0.204 e. The van der Waals surface area contributed by atoms with Gasteiger partial charge in [-0.2, -0.15) is 0 Å². The normalized spacial score (nSPS) is 15.4. The number of ether oxygens (including phenoxy) is 1. The summed E-state index contributed by atoms with van der Waals surface area (Å²) in [5.41, 5.74) is 0. The van der Waals surface area contributed by atoms with Crippen LogP contribution in [0.3, 0.4) is 0 Å². The summed E-state index contributed by atoms with van der Waals surface area (Å²) in [5.74, 6) is 2.96. The SMILES string of the molecule is CNc1ncnc(NCC2CCC2)c1OC. The summed E-state index contributed by atoms with van der Waals surface area (Å²) in [6.07, 6.45) is 5.53. The van der Waals surface area contributed by atoms with Gasteiger partial charge in [0.1, 0.15) is 6.33 Å². The Kier molecular flexibility index (Phi) is 3.44. The molecule has 0 spiro atoms. The van der Waals surface area contributed by atoms with E-state index in [1.807, 2.05) is 7.05 Å². The topological polar surface area (TPSA) is 59.1 Å². The lowest BCUT2D eigenvalue weighted by Gasteiger charge is -2.26. The van der Waals surface area contributed by atoms with Crippen molar-refractivity contribution in [1.29, 1.82) is 0 Å². The molecule has 1 aliphatic carbocycles. The van der Waals surface area contributed by atoms with Gasteiger partial charge in [-0.15, -0.1) is 0 Å². The zero-order valence-electron chi connectivity index (χ0n) is 9.79. The van der Waals surface area contributed by atoms with E-state index in [4.69, 9.17) is 4.74 Å². The number of aromatic nitrogens is 2. The fraction of sp³-hybridized carbons (Fsp3) is 0.636. The van der Waals surface area contributed by atoms with Gasteiger partial charge in [0.2, 0.25) is 5.75 Å². The second-order valence-corrected chi connectivity index (χ2v) is 4.03. The lowest BCUT2D eigenvalue weighted by molar-refractivity contribution is 0.332. The molecular weight excluding hydrogens is 204 g/mol. The number of methoxy groups -OCH3 is 1. The van der Waals surface area contributed by atoms with Crippen LogP contribution in [0.5, 0.6) is 5.75 Å². The molecule has 0 atom stereocenters. The molecule has 1 aliphatic rings. The zero-order chi connectivity index (χ0) is 11.4. The van der Waals surface area contributed by atoms with E-state index in [-0.39, 0.29) is 0 Å². The first kappa shape index (κ1) is 11.0. The maximum Gasteiger partial charge on any atom is 0.204 e. The predicted molar refractivity (Wildman–Crippen MR) is 64.0 cm³/mol. The van der Waals surface area contributed by atoms with E-state index in [9.17, 15) is 0 Å². The molecule has 0 amide bonds. The van der Waals surface area contributed by atoms with Crippen molar-refractivity contribution in [1.82, 2.24) is 9.97 Å². The Morgan fingerprint density at radius 3 is 2.69 bits per heavy atom. The molecule has 0 radical (unpaired) electrons. The molecular formula is C11H18N4O. The first-order chi connectivity index (χ1) is 7.85. The van der Waals surface area contributed by atoms with Gasteiger partial charge in [-0.1, -0.05) is 6.42 Å². The average molecular weight is 222 g/mol. The van der Waals surface area contributed by atoms with Crippen molar-refractivity contribution in [2.45, 2.75) is 19.3 Å². The van der Waals surface area contributed by atoms with Crippen LogP contribution in [0.4, 0.5) is 11.6 Å². The fourth-order valence-electron chi connectivity index (χ4n) is 1.81. The maximum absolute atomic E-state index is 5.30. The van der Waals surface area contributed by atoms with E-state index in [1.165, 1.54) is 25.6 Å². The second kappa shape index (κ2) is 5.01. The van der Waals surface area contributed by atoms with Crippen LogP contribution < -0.4 is 15.4 Å². The summed E-state index contributed by atoms with van der Waals surface area (Å²) in [4.78, 5) is 8.30. The Hall–Kier alpha value is -1.52. The van der Waals surface area contributed by atoms with Crippen LogP contribution in [0.25, 0.3) is 0 Å². The Balaban J connectivity index is 2.05. The molecule has 0 unspecified atom stereocenters. The minimum absolute atomic E-state index is 0.685. The summed E-state index contributed by atoms with van der Waals surface area (Å²) in [6.45, 7) is 0.969. The molecule has 0 saturated heterocycles. The largest absolute Gasteiger partial charge is 0.490 e. The summed E-state index contributed by atoms with van der Waals surface area (Å²) >= 11 is 0. The van der Waals surface area contributed by atoms with Gasteiger partial charge in [0.05, 0.1) is 7.11 Å². The van der Waals surface area contributed by atoms with Crippen molar-refractivity contribution in [3.63, 3.8) is 0 Å². The van der Waals surface area contributed by atoms with Crippen LogP contribution in [-0.2, 0) is 0 Å². The molecule has 1 heterocycles. The van der Waals surface area contributed by atoms with Crippen molar-refractivity contribution < 1.29 is 4.74 Å². The van der Waals surface area contributed by atoms with Crippen LogP contribution in [-0.4, -0.2) is 30.7 Å². The minimum atomic E-state index is 0.685. The predicted octanol–water partition coefficient (Wildman–Crippen LogP) is 1.74. The zero-order valence-corrected chi connectivity index (χ0v) is 9.79. The molecule has 0 aromatic carbocycles. The van der Waals surface area contributed by atoms with Gasteiger partial charge < -0.3 is 15.4 Å². The standard InChI is InChI=1S/C11H18N4O/c1-12-10-9(16-2)11(15-7-14-10)13-6-8-4-3-5-8/h7-8H,3-6H2,1-2H3,(H2,12,13,14,15). The van der Waals surface area contributed by atoms with Gasteiger partial charge in [-0.25, -0.2) is 9.97 Å². The van der Waals surface area contributed by atoms with Crippen LogP contribution in [0, 0.1) is 5.92 Å². The number of nitrogens with zero attached hydrogens (tertiary/aromatic N) is 2. The Morgan fingerprint density at radius 2 is 2.12 bits per heavy atom. The van der Waals surface area contributed by atoms with Gasteiger partial charge in [0.15, 0.2) is 11.6 Å². The highest BCUT2D eigenvalue weighted by Gasteiger charge is 2.18. The maximum atomic E-state index is 5.30. The lowest BCUT2D eigenvalue weighted by Crippen LogP contribution is -2.21. The van der Waals surface area contributed by atoms with Gasteiger partial charge in [-0.05, 0) is 18.8 Å². The van der Waals surface area contributed by atoms with Crippen molar-refractivity contribution >= 4 is 11.6 Å². The van der Waals surface area contributed by atoms with Gasteiger partial charge >= 0.3 is 0 Å². The summed E-state index contributed by atoms with van der Waals surface area (Å²) < 4.78 is 5.30. The summed E-state index contributed by atoms with van der Waals surface area (Å²) in [5, 5.41) is 6.31. The summed E-state index contributed by atoms with van der Waals surface area (Å²) in [6, 6.07) is 0. The quantitative estimate of drug-likeness (QED) is 0.794. The third kappa shape index (κ3) is 2.18. The molecule has 16 heavy (non-hydrogen) atoms. The molecule has 1 aromatic rings. The molecule has 5 nitrogen and oxygen atoms in total. The fourth-order valence-corrected chi connectivity index (χ4v) is 1.81. The third-order valence-corrected chi connectivity index (χ3v) is 3.03. The van der Waals surface area contributed by atoms with Crippen molar-refractivity contribution in [3.05, 3.63) is 6.33 Å². The van der Waals surface area contributed by atoms with E-state index in [0.29, 0.717) is 11.6 Å². The Labute approximate surface area is 95.6 Å². The molecule has 1 aromatic heterocycles. The van der Waals surface area contributed by atoms with Crippen molar-refractivity contribution in [2.75, 3.05) is 31.3 Å². The van der Waals surface area contributed by atoms with E-state index < -0.39 is 0 Å². The van der Waals surface area contributed by atoms with Crippen LogP contribution in [0.1, 0.15) is 19.3 Å². The van der Waals surface area contributed by atoms with E-state index in [0.717, 1.165) is 18.3 Å². The lowest BCUT2D eigenvalue weighted by atomic mass is 9.85. The molecule has 2 rings (SSSR count). The first-order valence-corrected chi connectivity index (χ1v) is 5.65. The van der Waals surface area contributed by atoms with Crippen molar-refractivity contribution in [3.8, 4) is 5.75 Å². The van der Waals surface area contributed by atoms with Crippen LogP contribution in [0.2, 0.25) is 0 Å². The summed E-state index contributed by atoms with van der Waals surface area (Å²) in [7, 11) is 3.45. The van der Waals surface area contributed by atoms with Gasteiger partial charge in [0, 0.05) is 13.6 Å². The third-order valence-electron chi connectivity index (χ3n) is 3.03. The highest BCUT2D eigenvalue weighted by Crippen LogP contribution is 2.31. The van der Waals surface area contributed by atoms with Gasteiger partial charge in [0.25, 0.3) is 0 Å². The molecule has 0 aliphatic heterocycles. The highest BCUT2D eigenvalue weighted by atomic mass is 16.5. The number of hydrogen-bond acceptors (Lipinski definition) is 5. The van der Waals surface area contributed by atoms with E-state index >= 15 is 0 Å². The average Bonchev–Trinajstić information content (AvgIpc) is 2.26. The Morgan fingerprint density at radius 1 is 1.38 bits per heavy atom. The first-order valence-electron chi connectivity index (χ1n) is 5.65. The minimum Gasteiger partial charge on any atom is -0.490 e. The van der Waals surface area contributed by atoms with Crippen LogP contribution >= 0.6 is 0 Å². The number of hydrogen-bond donors (Lipinski definition) is 2. The molecule has 5 heteroatoms. The monoisotopic (exact) mass is 222 g/mol. The number of rotatable bonds is 5. The molecule has 1 saturated carbocycles.